The van der Waals surface area contributed by atoms with E-state index in [2.05, 4.69) is 36.4 Å². The van der Waals surface area contributed by atoms with Crippen molar-refractivity contribution in [2.45, 2.75) is 33.1 Å². The average molecular weight is 425 g/mol. The van der Waals surface area contributed by atoms with Crippen LogP contribution < -0.4 is 19.5 Å². The van der Waals surface area contributed by atoms with Gasteiger partial charge >= 0.3 is 0 Å². The van der Waals surface area contributed by atoms with E-state index in [-0.39, 0.29) is 17.0 Å². The summed E-state index contributed by atoms with van der Waals surface area (Å²) in [5, 5.41) is 11.2. The lowest BCUT2D eigenvalue weighted by molar-refractivity contribution is 0.102. The average Bonchev–Trinajstić information content (AvgIpc) is 3.13. The van der Waals surface area contributed by atoms with Gasteiger partial charge in [0.1, 0.15) is 22.9 Å². The maximum absolute atomic E-state index is 13.0. The predicted octanol–water partition coefficient (Wildman–Crippen LogP) is 4.15. The molecule has 1 amide bonds. The highest BCUT2D eigenvalue weighted by Crippen LogP contribution is 2.32. The maximum Gasteiger partial charge on any atom is 0.278 e. The molecule has 3 aromatic rings. The van der Waals surface area contributed by atoms with Crippen LogP contribution >= 0.6 is 0 Å². The van der Waals surface area contributed by atoms with Crippen molar-refractivity contribution in [1.29, 1.82) is 0 Å². The standard InChI is InChI=1S/C23H28N4O4/c1-14-21(25-26-27(14)18-13-16(29-5)9-11-20(18)31-7)22(28)24-17-12-15(23(2,3)4)8-10-19(17)30-6/h8-13H,1-7H3,(H,24,28). The Morgan fingerprint density at radius 3 is 2.26 bits per heavy atom. The maximum atomic E-state index is 13.0. The van der Waals surface area contributed by atoms with Gasteiger partial charge in [0.25, 0.3) is 5.91 Å². The quantitative estimate of drug-likeness (QED) is 0.640. The number of amides is 1. The summed E-state index contributed by atoms with van der Waals surface area (Å²) in [4.78, 5) is 13.0. The molecule has 0 radical (unpaired) electrons. The number of methoxy groups -OCH3 is 3. The highest BCUT2D eigenvalue weighted by molar-refractivity contribution is 6.04. The molecule has 3 rings (SSSR count). The molecule has 1 aromatic heterocycles. The van der Waals surface area contributed by atoms with Crippen LogP contribution in [-0.4, -0.2) is 42.2 Å². The first kappa shape index (κ1) is 22.1. The van der Waals surface area contributed by atoms with E-state index in [0.29, 0.717) is 34.3 Å². The van der Waals surface area contributed by atoms with E-state index >= 15 is 0 Å². The van der Waals surface area contributed by atoms with Gasteiger partial charge in [-0.1, -0.05) is 32.1 Å². The smallest absolute Gasteiger partial charge is 0.278 e. The minimum absolute atomic E-state index is 0.0757. The Labute approximate surface area is 182 Å². The number of nitrogens with zero attached hydrogens (tertiary/aromatic N) is 3. The molecule has 1 heterocycles. The van der Waals surface area contributed by atoms with Gasteiger partial charge in [-0.2, -0.15) is 0 Å². The van der Waals surface area contributed by atoms with E-state index in [9.17, 15) is 4.79 Å². The number of carbonyl (C=O) groups is 1. The highest BCUT2D eigenvalue weighted by atomic mass is 16.5. The molecule has 0 aliphatic carbocycles. The lowest BCUT2D eigenvalue weighted by Crippen LogP contribution is -2.17. The van der Waals surface area contributed by atoms with Gasteiger partial charge in [0, 0.05) is 6.07 Å². The summed E-state index contributed by atoms with van der Waals surface area (Å²) >= 11 is 0. The molecule has 0 bridgehead atoms. The summed E-state index contributed by atoms with van der Waals surface area (Å²) in [6, 6.07) is 11.1. The second-order valence-corrected chi connectivity index (χ2v) is 8.09. The van der Waals surface area contributed by atoms with Gasteiger partial charge in [-0.25, -0.2) is 4.68 Å². The number of anilines is 1. The number of rotatable bonds is 6. The normalized spacial score (nSPS) is 11.2. The first-order chi connectivity index (χ1) is 14.7. The van der Waals surface area contributed by atoms with Crippen LogP contribution in [0.25, 0.3) is 5.69 Å². The molecule has 164 valence electrons. The summed E-state index contributed by atoms with van der Waals surface area (Å²) in [7, 11) is 4.72. The molecular formula is C23H28N4O4. The third-order valence-electron chi connectivity index (χ3n) is 5.04. The number of hydrogen-bond donors (Lipinski definition) is 1. The molecule has 0 aliphatic rings. The fourth-order valence-electron chi connectivity index (χ4n) is 3.18. The second kappa shape index (κ2) is 8.67. The Kier molecular flexibility index (Phi) is 6.19. The van der Waals surface area contributed by atoms with Crippen LogP contribution in [0.3, 0.4) is 0 Å². The number of ether oxygens (including phenoxy) is 3. The zero-order valence-electron chi connectivity index (χ0n) is 18.9. The second-order valence-electron chi connectivity index (χ2n) is 8.09. The van der Waals surface area contributed by atoms with E-state index in [1.807, 2.05) is 18.2 Å². The van der Waals surface area contributed by atoms with Crippen LogP contribution in [-0.2, 0) is 5.41 Å². The van der Waals surface area contributed by atoms with Crippen LogP contribution in [0.4, 0.5) is 5.69 Å². The van der Waals surface area contributed by atoms with E-state index in [1.165, 1.54) is 0 Å². The third-order valence-corrected chi connectivity index (χ3v) is 5.04. The van der Waals surface area contributed by atoms with Crippen molar-refractivity contribution in [2.24, 2.45) is 0 Å². The summed E-state index contributed by atoms with van der Waals surface area (Å²) in [6.45, 7) is 8.10. The Hall–Kier alpha value is -3.55. The number of hydrogen-bond acceptors (Lipinski definition) is 6. The van der Waals surface area contributed by atoms with Gasteiger partial charge in [0.2, 0.25) is 0 Å². The summed E-state index contributed by atoms with van der Waals surface area (Å²) in [5.41, 5.74) is 2.97. The van der Waals surface area contributed by atoms with Crippen molar-refractivity contribution in [3.05, 3.63) is 53.3 Å². The lowest BCUT2D eigenvalue weighted by Gasteiger charge is -2.21. The topological polar surface area (TPSA) is 87.5 Å². The van der Waals surface area contributed by atoms with Gasteiger partial charge in [-0.15, -0.1) is 5.10 Å². The molecule has 0 saturated heterocycles. The lowest BCUT2D eigenvalue weighted by atomic mass is 9.87. The van der Waals surface area contributed by atoms with Crippen molar-refractivity contribution < 1.29 is 19.0 Å². The highest BCUT2D eigenvalue weighted by Gasteiger charge is 2.22. The van der Waals surface area contributed by atoms with E-state index in [1.54, 1.807) is 51.1 Å². The van der Waals surface area contributed by atoms with E-state index in [0.717, 1.165) is 5.56 Å². The molecule has 8 heteroatoms. The Bertz CT molecular complexity index is 1100. The molecule has 31 heavy (non-hydrogen) atoms. The van der Waals surface area contributed by atoms with E-state index < -0.39 is 0 Å². The molecule has 0 fully saturated rings. The molecule has 0 unspecified atom stereocenters. The Morgan fingerprint density at radius 2 is 1.65 bits per heavy atom. The molecule has 8 nitrogen and oxygen atoms in total. The minimum atomic E-state index is -0.380. The SMILES string of the molecule is COc1ccc(OC)c(-n2nnc(C(=O)Nc3cc(C(C)(C)C)ccc3OC)c2C)c1. The Morgan fingerprint density at radius 1 is 0.968 bits per heavy atom. The molecule has 0 spiro atoms. The van der Waals surface area contributed by atoms with Gasteiger partial charge in [0.05, 0.1) is 32.7 Å². The fourth-order valence-corrected chi connectivity index (χ4v) is 3.18. The predicted molar refractivity (Wildman–Crippen MR) is 119 cm³/mol. The molecular weight excluding hydrogens is 396 g/mol. The van der Waals surface area contributed by atoms with Crippen LogP contribution in [0, 0.1) is 6.92 Å². The monoisotopic (exact) mass is 424 g/mol. The number of aromatic nitrogens is 3. The molecule has 1 N–H and O–H groups in total. The van der Waals surface area contributed by atoms with Crippen LogP contribution in [0.15, 0.2) is 36.4 Å². The van der Waals surface area contributed by atoms with Crippen LogP contribution in [0.1, 0.15) is 42.5 Å². The van der Waals surface area contributed by atoms with Gasteiger partial charge < -0.3 is 19.5 Å². The zero-order valence-corrected chi connectivity index (χ0v) is 18.9. The number of nitrogens with one attached hydrogen (secondary N) is 1. The summed E-state index contributed by atoms with van der Waals surface area (Å²) < 4.78 is 17.7. The van der Waals surface area contributed by atoms with E-state index in [4.69, 9.17) is 14.2 Å². The number of benzene rings is 2. The molecule has 0 atom stereocenters. The summed E-state index contributed by atoms with van der Waals surface area (Å²) in [5.74, 6) is 1.41. The largest absolute Gasteiger partial charge is 0.497 e. The van der Waals surface area contributed by atoms with Gasteiger partial charge in [0.15, 0.2) is 5.69 Å². The molecule has 0 aliphatic heterocycles. The van der Waals surface area contributed by atoms with Gasteiger partial charge in [-0.05, 0) is 42.2 Å². The molecule has 0 saturated carbocycles. The first-order valence-corrected chi connectivity index (χ1v) is 9.84. The van der Waals surface area contributed by atoms with Crippen molar-refractivity contribution in [2.75, 3.05) is 26.6 Å². The molecule has 2 aromatic carbocycles. The van der Waals surface area contributed by atoms with Crippen molar-refractivity contribution in [3.63, 3.8) is 0 Å². The van der Waals surface area contributed by atoms with Crippen molar-refractivity contribution in [1.82, 2.24) is 15.0 Å². The fraction of sp³-hybridized carbons (Fsp3) is 0.348. The van der Waals surface area contributed by atoms with Crippen molar-refractivity contribution in [3.8, 4) is 22.9 Å². The number of carbonyl (C=O) groups excluding carboxylic acids is 1. The Balaban J connectivity index is 1.97. The minimum Gasteiger partial charge on any atom is -0.497 e. The first-order valence-electron chi connectivity index (χ1n) is 9.84. The van der Waals surface area contributed by atoms with Crippen molar-refractivity contribution >= 4 is 11.6 Å². The third kappa shape index (κ3) is 4.47. The van der Waals surface area contributed by atoms with Crippen LogP contribution in [0.2, 0.25) is 0 Å². The zero-order chi connectivity index (χ0) is 22.8. The van der Waals surface area contributed by atoms with Crippen LogP contribution in [0.5, 0.6) is 17.2 Å². The van der Waals surface area contributed by atoms with Gasteiger partial charge in [-0.3, -0.25) is 4.79 Å². The summed E-state index contributed by atoms with van der Waals surface area (Å²) in [6.07, 6.45) is 0.